The number of nitrogens with zero attached hydrogens (tertiary/aromatic N) is 1. The maximum atomic E-state index is 8.64. The molecule has 0 aliphatic heterocycles. The molecular weight excluding hydrogens is 166 g/mol. The van der Waals surface area contributed by atoms with Crippen molar-refractivity contribution in [1.29, 1.82) is 0 Å². The van der Waals surface area contributed by atoms with Crippen molar-refractivity contribution in [2.24, 2.45) is 5.73 Å². The van der Waals surface area contributed by atoms with Crippen molar-refractivity contribution in [1.82, 2.24) is 10.3 Å². The van der Waals surface area contributed by atoms with Crippen LogP contribution in [0.4, 0.5) is 0 Å². The van der Waals surface area contributed by atoms with Crippen molar-refractivity contribution >= 4 is 0 Å². The minimum Gasteiger partial charge on any atom is -0.395 e. The highest BCUT2D eigenvalue weighted by Crippen LogP contribution is 2.08. The van der Waals surface area contributed by atoms with Crippen LogP contribution in [0.25, 0.3) is 0 Å². The molecule has 0 bridgehead atoms. The highest BCUT2D eigenvalue weighted by molar-refractivity contribution is 5.14. The number of pyridine rings is 1. The fourth-order valence-corrected chi connectivity index (χ4v) is 1.16. The van der Waals surface area contributed by atoms with Crippen LogP contribution < -0.4 is 11.1 Å². The van der Waals surface area contributed by atoms with E-state index in [1.54, 1.807) is 12.4 Å². The van der Waals surface area contributed by atoms with Crippen molar-refractivity contribution < 1.29 is 5.11 Å². The van der Waals surface area contributed by atoms with Gasteiger partial charge in [0, 0.05) is 31.5 Å². The van der Waals surface area contributed by atoms with Gasteiger partial charge in [0.15, 0.2) is 0 Å². The Hall–Kier alpha value is -0.970. The molecule has 4 N–H and O–H groups in total. The van der Waals surface area contributed by atoms with Gasteiger partial charge >= 0.3 is 0 Å². The lowest BCUT2D eigenvalue weighted by molar-refractivity contribution is 0.285. The van der Waals surface area contributed by atoms with Crippen LogP contribution in [0.1, 0.15) is 11.6 Å². The third-order valence-corrected chi connectivity index (χ3v) is 1.83. The van der Waals surface area contributed by atoms with Gasteiger partial charge in [-0.2, -0.15) is 0 Å². The van der Waals surface area contributed by atoms with Crippen LogP contribution in [0.3, 0.4) is 0 Å². The average molecular weight is 181 g/mol. The number of nitrogens with two attached hydrogens (primary N) is 1. The van der Waals surface area contributed by atoms with Gasteiger partial charge in [0.2, 0.25) is 0 Å². The number of nitrogens with one attached hydrogen (secondary N) is 1. The maximum absolute atomic E-state index is 8.64. The predicted octanol–water partition coefficient (Wildman–Crippen LogP) is -0.337. The summed E-state index contributed by atoms with van der Waals surface area (Å²) in [5, 5.41) is 11.8. The fraction of sp³-hybridized carbons (Fsp3) is 0.444. The predicted molar refractivity (Wildman–Crippen MR) is 51.1 cm³/mol. The molecule has 0 fully saturated rings. The van der Waals surface area contributed by atoms with E-state index in [0.29, 0.717) is 13.1 Å². The first-order valence-corrected chi connectivity index (χ1v) is 4.32. The summed E-state index contributed by atoms with van der Waals surface area (Å²) in [6, 6.07) is 3.92. The summed E-state index contributed by atoms with van der Waals surface area (Å²) >= 11 is 0. The van der Waals surface area contributed by atoms with Crippen LogP contribution in [0.5, 0.6) is 0 Å². The minimum absolute atomic E-state index is 0.0841. The lowest BCUT2D eigenvalue weighted by atomic mass is 10.1. The van der Waals surface area contributed by atoms with Gasteiger partial charge in [-0.3, -0.25) is 4.98 Å². The van der Waals surface area contributed by atoms with E-state index in [0.717, 1.165) is 5.56 Å². The van der Waals surface area contributed by atoms with E-state index in [-0.39, 0.29) is 12.6 Å². The lowest BCUT2D eigenvalue weighted by Crippen LogP contribution is -2.30. The van der Waals surface area contributed by atoms with E-state index >= 15 is 0 Å². The molecule has 0 amide bonds. The largest absolute Gasteiger partial charge is 0.395 e. The fourth-order valence-electron chi connectivity index (χ4n) is 1.16. The van der Waals surface area contributed by atoms with E-state index in [9.17, 15) is 0 Å². The summed E-state index contributed by atoms with van der Waals surface area (Å²) in [5.41, 5.74) is 6.63. The van der Waals surface area contributed by atoms with Crippen LogP contribution >= 0.6 is 0 Å². The van der Waals surface area contributed by atoms with E-state index in [4.69, 9.17) is 10.8 Å². The highest BCUT2D eigenvalue weighted by atomic mass is 16.3. The van der Waals surface area contributed by atoms with Gasteiger partial charge < -0.3 is 16.2 Å². The summed E-state index contributed by atoms with van der Waals surface area (Å²) < 4.78 is 0. The van der Waals surface area contributed by atoms with Gasteiger partial charge in [-0.15, -0.1) is 0 Å². The Morgan fingerprint density at radius 1 is 1.62 bits per heavy atom. The van der Waals surface area contributed by atoms with Gasteiger partial charge in [0.25, 0.3) is 0 Å². The first-order chi connectivity index (χ1) is 6.38. The topological polar surface area (TPSA) is 71.2 Å². The standard InChI is InChI=1S/C9H15N3O/c10-6-9(12-4-5-13)8-2-1-3-11-7-8/h1-3,7,9,12-13H,4-6,10H2. The Morgan fingerprint density at radius 2 is 2.46 bits per heavy atom. The summed E-state index contributed by atoms with van der Waals surface area (Å²) in [7, 11) is 0. The zero-order valence-electron chi connectivity index (χ0n) is 7.48. The van der Waals surface area contributed by atoms with E-state index < -0.39 is 0 Å². The van der Waals surface area contributed by atoms with E-state index in [2.05, 4.69) is 10.3 Å². The van der Waals surface area contributed by atoms with E-state index in [1.165, 1.54) is 0 Å². The molecule has 0 aliphatic carbocycles. The number of hydrogen-bond donors (Lipinski definition) is 3. The highest BCUT2D eigenvalue weighted by Gasteiger charge is 2.07. The second kappa shape index (κ2) is 5.64. The summed E-state index contributed by atoms with van der Waals surface area (Å²) in [6.45, 7) is 1.18. The first-order valence-electron chi connectivity index (χ1n) is 4.32. The molecule has 0 radical (unpaired) electrons. The van der Waals surface area contributed by atoms with Crippen molar-refractivity contribution in [2.45, 2.75) is 6.04 Å². The summed E-state index contributed by atoms with van der Waals surface area (Å²) in [5.74, 6) is 0. The molecule has 0 spiro atoms. The monoisotopic (exact) mass is 181 g/mol. The normalized spacial score (nSPS) is 12.8. The zero-order chi connectivity index (χ0) is 9.52. The van der Waals surface area contributed by atoms with Crippen LogP contribution in [0, 0.1) is 0 Å². The third-order valence-electron chi connectivity index (χ3n) is 1.83. The molecule has 1 rings (SSSR count). The van der Waals surface area contributed by atoms with Crippen molar-refractivity contribution in [2.75, 3.05) is 19.7 Å². The van der Waals surface area contributed by atoms with Gasteiger partial charge in [-0.05, 0) is 11.6 Å². The molecule has 0 saturated heterocycles. The Balaban J connectivity index is 2.56. The van der Waals surface area contributed by atoms with Crippen molar-refractivity contribution in [3.63, 3.8) is 0 Å². The van der Waals surface area contributed by atoms with Gasteiger partial charge in [0.05, 0.1) is 6.61 Å². The Bertz CT molecular complexity index is 228. The Labute approximate surface area is 77.8 Å². The molecule has 0 saturated carbocycles. The molecule has 0 aliphatic rings. The molecule has 4 nitrogen and oxygen atoms in total. The molecular formula is C9H15N3O. The van der Waals surface area contributed by atoms with Crippen LogP contribution in [-0.2, 0) is 0 Å². The molecule has 72 valence electrons. The summed E-state index contributed by atoms with van der Waals surface area (Å²) in [6.07, 6.45) is 3.50. The third kappa shape index (κ3) is 3.10. The lowest BCUT2D eigenvalue weighted by Gasteiger charge is -2.15. The minimum atomic E-state index is 0.0841. The zero-order valence-corrected chi connectivity index (χ0v) is 7.48. The van der Waals surface area contributed by atoms with Gasteiger partial charge in [-0.25, -0.2) is 0 Å². The maximum Gasteiger partial charge on any atom is 0.0556 e. The van der Waals surface area contributed by atoms with Crippen LogP contribution in [-0.4, -0.2) is 29.8 Å². The average Bonchev–Trinajstić information content (AvgIpc) is 2.21. The molecule has 1 atom stereocenters. The SMILES string of the molecule is NCC(NCCO)c1cccnc1. The van der Waals surface area contributed by atoms with Crippen LogP contribution in [0.15, 0.2) is 24.5 Å². The molecule has 13 heavy (non-hydrogen) atoms. The Morgan fingerprint density at radius 3 is 3.00 bits per heavy atom. The number of aliphatic hydroxyl groups is 1. The van der Waals surface area contributed by atoms with Crippen molar-refractivity contribution in [3.8, 4) is 0 Å². The van der Waals surface area contributed by atoms with Crippen molar-refractivity contribution in [3.05, 3.63) is 30.1 Å². The molecule has 1 heterocycles. The van der Waals surface area contributed by atoms with Crippen LogP contribution in [0.2, 0.25) is 0 Å². The molecule has 4 heteroatoms. The number of aliphatic hydroxyl groups excluding tert-OH is 1. The van der Waals surface area contributed by atoms with Gasteiger partial charge in [-0.1, -0.05) is 6.07 Å². The second-order valence-corrected chi connectivity index (χ2v) is 2.75. The molecule has 1 unspecified atom stereocenters. The number of hydrogen-bond acceptors (Lipinski definition) is 4. The summed E-state index contributed by atoms with van der Waals surface area (Å²) in [4.78, 5) is 4.00. The molecule has 1 aromatic heterocycles. The second-order valence-electron chi connectivity index (χ2n) is 2.75. The number of aromatic nitrogens is 1. The van der Waals surface area contributed by atoms with Gasteiger partial charge in [0.1, 0.15) is 0 Å². The van der Waals surface area contributed by atoms with E-state index in [1.807, 2.05) is 12.1 Å². The quantitative estimate of drug-likeness (QED) is 0.581. The molecule has 0 aromatic carbocycles. The molecule has 1 aromatic rings. The number of rotatable bonds is 5. The smallest absolute Gasteiger partial charge is 0.0556 e. The first kappa shape index (κ1) is 10.1. The Kier molecular flexibility index (Phi) is 4.39.